The highest BCUT2D eigenvalue weighted by molar-refractivity contribution is 6.05. The SMILES string of the molecule is Cc1nnc(-c2ccc(C(C(=O)O)N3C(=O)CCC3=O)cc2)nn1. The van der Waals surface area contributed by atoms with Crippen molar-refractivity contribution in [3.8, 4) is 11.4 Å². The molecule has 1 aliphatic rings. The minimum Gasteiger partial charge on any atom is -0.479 e. The molecule has 1 aromatic heterocycles. The Morgan fingerprint density at radius 3 is 2.08 bits per heavy atom. The Kier molecular flexibility index (Phi) is 3.98. The zero-order valence-corrected chi connectivity index (χ0v) is 12.7. The lowest BCUT2D eigenvalue weighted by Crippen LogP contribution is -2.37. The van der Waals surface area contributed by atoms with E-state index in [2.05, 4.69) is 20.4 Å². The summed E-state index contributed by atoms with van der Waals surface area (Å²) >= 11 is 0. The molecule has 1 fully saturated rings. The number of amides is 2. The maximum Gasteiger partial charge on any atom is 0.331 e. The molecule has 0 radical (unpaired) electrons. The van der Waals surface area contributed by atoms with E-state index in [0.717, 1.165) is 4.90 Å². The first-order chi connectivity index (χ1) is 11.5. The molecule has 1 unspecified atom stereocenters. The van der Waals surface area contributed by atoms with Crippen molar-refractivity contribution < 1.29 is 19.5 Å². The van der Waals surface area contributed by atoms with Crippen LogP contribution in [0.3, 0.4) is 0 Å². The number of aliphatic carboxylic acids is 1. The Balaban J connectivity index is 1.92. The van der Waals surface area contributed by atoms with Gasteiger partial charge >= 0.3 is 5.97 Å². The van der Waals surface area contributed by atoms with Crippen LogP contribution in [0.25, 0.3) is 11.4 Å². The number of carboxylic acid groups (broad SMARTS) is 1. The Bertz CT molecular complexity index is 788. The second kappa shape index (κ2) is 6.11. The van der Waals surface area contributed by atoms with E-state index in [-0.39, 0.29) is 12.8 Å². The number of imide groups is 1. The molecule has 2 heterocycles. The molecule has 2 aromatic rings. The molecule has 9 nitrogen and oxygen atoms in total. The highest BCUT2D eigenvalue weighted by Crippen LogP contribution is 2.28. The average Bonchev–Trinajstić information content (AvgIpc) is 2.89. The van der Waals surface area contributed by atoms with Gasteiger partial charge in [-0.15, -0.1) is 20.4 Å². The smallest absolute Gasteiger partial charge is 0.331 e. The third kappa shape index (κ3) is 2.83. The van der Waals surface area contributed by atoms with E-state index in [1.807, 2.05) is 0 Å². The summed E-state index contributed by atoms with van der Waals surface area (Å²) in [5.74, 6) is -1.49. The van der Waals surface area contributed by atoms with Crippen LogP contribution in [-0.2, 0) is 14.4 Å². The van der Waals surface area contributed by atoms with E-state index in [0.29, 0.717) is 22.8 Å². The molecule has 2 amide bonds. The number of aryl methyl sites for hydroxylation is 1. The number of aromatic nitrogens is 4. The molecule has 0 aliphatic carbocycles. The molecule has 1 aromatic carbocycles. The first kappa shape index (κ1) is 15.7. The summed E-state index contributed by atoms with van der Waals surface area (Å²) in [7, 11) is 0. The van der Waals surface area contributed by atoms with Crippen molar-refractivity contribution in [2.45, 2.75) is 25.8 Å². The molecule has 122 valence electrons. The van der Waals surface area contributed by atoms with Gasteiger partial charge in [0.25, 0.3) is 0 Å². The summed E-state index contributed by atoms with van der Waals surface area (Å²) in [4.78, 5) is 36.0. The Morgan fingerprint density at radius 1 is 1.04 bits per heavy atom. The monoisotopic (exact) mass is 327 g/mol. The fourth-order valence-corrected chi connectivity index (χ4v) is 2.49. The number of benzene rings is 1. The summed E-state index contributed by atoms with van der Waals surface area (Å²) in [5, 5.41) is 24.9. The predicted molar refractivity (Wildman–Crippen MR) is 79.3 cm³/mol. The van der Waals surface area contributed by atoms with Crippen molar-refractivity contribution in [1.82, 2.24) is 25.3 Å². The van der Waals surface area contributed by atoms with Crippen LogP contribution in [0.15, 0.2) is 24.3 Å². The van der Waals surface area contributed by atoms with Crippen LogP contribution in [0.1, 0.15) is 30.3 Å². The zero-order valence-electron chi connectivity index (χ0n) is 12.7. The topological polar surface area (TPSA) is 126 Å². The van der Waals surface area contributed by atoms with E-state index in [4.69, 9.17) is 0 Å². The summed E-state index contributed by atoms with van der Waals surface area (Å²) in [6, 6.07) is 4.91. The van der Waals surface area contributed by atoms with Crippen LogP contribution in [-0.4, -0.2) is 48.2 Å². The van der Waals surface area contributed by atoms with Crippen LogP contribution >= 0.6 is 0 Å². The Labute approximate surface area is 136 Å². The van der Waals surface area contributed by atoms with E-state index in [9.17, 15) is 19.5 Å². The van der Waals surface area contributed by atoms with Gasteiger partial charge in [-0.1, -0.05) is 24.3 Å². The van der Waals surface area contributed by atoms with E-state index in [1.54, 1.807) is 19.1 Å². The number of rotatable bonds is 4. The molecule has 1 N–H and O–H groups in total. The van der Waals surface area contributed by atoms with Gasteiger partial charge in [0.2, 0.25) is 17.6 Å². The Morgan fingerprint density at radius 2 is 1.58 bits per heavy atom. The molecule has 9 heteroatoms. The second-order valence-corrected chi connectivity index (χ2v) is 5.29. The van der Waals surface area contributed by atoms with Gasteiger partial charge in [0.05, 0.1) is 0 Å². The molecular weight excluding hydrogens is 314 g/mol. The van der Waals surface area contributed by atoms with Crippen molar-refractivity contribution in [2.75, 3.05) is 0 Å². The van der Waals surface area contributed by atoms with Gasteiger partial charge in [-0.2, -0.15) is 0 Å². The van der Waals surface area contributed by atoms with Crippen LogP contribution < -0.4 is 0 Å². The van der Waals surface area contributed by atoms with Gasteiger partial charge < -0.3 is 5.11 Å². The summed E-state index contributed by atoms with van der Waals surface area (Å²) in [5.41, 5.74) is 0.921. The molecule has 24 heavy (non-hydrogen) atoms. The average molecular weight is 327 g/mol. The fraction of sp³-hybridized carbons (Fsp3) is 0.267. The number of carbonyl (C=O) groups is 3. The zero-order chi connectivity index (χ0) is 17.3. The van der Waals surface area contributed by atoms with E-state index >= 15 is 0 Å². The van der Waals surface area contributed by atoms with Gasteiger partial charge in [-0.05, 0) is 12.5 Å². The first-order valence-corrected chi connectivity index (χ1v) is 7.19. The number of hydrogen-bond acceptors (Lipinski definition) is 7. The number of carboxylic acids is 1. The molecule has 0 saturated carbocycles. The molecule has 1 atom stereocenters. The van der Waals surface area contributed by atoms with Crippen molar-refractivity contribution >= 4 is 17.8 Å². The normalized spacial score (nSPS) is 15.6. The summed E-state index contributed by atoms with van der Waals surface area (Å²) in [6.07, 6.45) is 0.0739. The highest BCUT2D eigenvalue weighted by atomic mass is 16.4. The molecule has 3 rings (SSSR count). The maximum atomic E-state index is 11.8. The van der Waals surface area contributed by atoms with Crippen molar-refractivity contribution in [1.29, 1.82) is 0 Å². The van der Waals surface area contributed by atoms with Gasteiger partial charge in [0, 0.05) is 18.4 Å². The Hall–Kier alpha value is -3.23. The first-order valence-electron chi connectivity index (χ1n) is 7.19. The molecule has 0 spiro atoms. The number of hydrogen-bond donors (Lipinski definition) is 1. The third-order valence-corrected chi connectivity index (χ3v) is 3.65. The summed E-state index contributed by atoms with van der Waals surface area (Å²) in [6.45, 7) is 1.66. The quantitative estimate of drug-likeness (QED) is 0.805. The van der Waals surface area contributed by atoms with Crippen molar-refractivity contribution in [2.24, 2.45) is 0 Å². The third-order valence-electron chi connectivity index (χ3n) is 3.65. The number of likely N-dealkylation sites (tertiary alicyclic amines) is 1. The lowest BCUT2D eigenvalue weighted by molar-refractivity contribution is -0.154. The predicted octanol–water partition coefficient (Wildman–Crippen LogP) is 0.517. The molecule has 0 bridgehead atoms. The van der Waals surface area contributed by atoms with Crippen molar-refractivity contribution in [3.05, 3.63) is 35.7 Å². The van der Waals surface area contributed by atoms with E-state index < -0.39 is 23.8 Å². The minimum absolute atomic E-state index is 0.0369. The maximum absolute atomic E-state index is 11.8. The van der Waals surface area contributed by atoms with Gasteiger partial charge in [0.15, 0.2) is 11.9 Å². The number of nitrogens with zero attached hydrogens (tertiary/aromatic N) is 5. The summed E-state index contributed by atoms with van der Waals surface area (Å²) < 4.78 is 0. The van der Waals surface area contributed by atoms with Crippen LogP contribution in [0.2, 0.25) is 0 Å². The highest BCUT2D eigenvalue weighted by Gasteiger charge is 2.39. The van der Waals surface area contributed by atoms with Crippen molar-refractivity contribution in [3.63, 3.8) is 0 Å². The molecule has 1 saturated heterocycles. The van der Waals surface area contributed by atoms with Crippen LogP contribution in [0.4, 0.5) is 0 Å². The van der Waals surface area contributed by atoms with E-state index in [1.165, 1.54) is 12.1 Å². The lowest BCUT2D eigenvalue weighted by Gasteiger charge is -2.22. The molecule has 1 aliphatic heterocycles. The fourth-order valence-electron chi connectivity index (χ4n) is 2.49. The molecular formula is C15H13N5O4. The van der Waals surface area contributed by atoms with Crippen LogP contribution in [0, 0.1) is 6.92 Å². The largest absolute Gasteiger partial charge is 0.479 e. The minimum atomic E-state index is -1.34. The second-order valence-electron chi connectivity index (χ2n) is 5.29. The standard InChI is InChI=1S/C15H13N5O4/c1-8-16-18-14(19-17-8)10-4-2-9(3-5-10)13(15(23)24)20-11(21)6-7-12(20)22/h2-5,13H,6-7H2,1H3,(H,23,24). The van der Waals surface area contributed by atoms with Gasteiger partial charge in [-0.3, -0.25) is 14.5 Å². The van der Waals surface area contributed by atoms with Gasteiger partial charge in [-0.25, -0.2) is 4.79 Å². The lowest BCUT2D eigenvalue weighted by atomic mass is 10.0. The number of carbonyl (C=O) groups excluding carboxylic acids is 2. The van der Waals surface area contributed by atoms with Gasteiger partial charge in [0.1, 0.15) is 0 Å². The van der Waals surface area contributed by atoms with Crippen LogP contribution in [0.5, 0.6) is 0 Å².